The lowest BCUT2D eigenvalue weighted by Crippen LogP contribution is -2.40. The number of anilines is 1. The van der Waals surface area contributed by atoms with Crippen molar-refractivity contribution in [3.63, 3.8) is 0 Å². The summed E-state index contributed by atoms with van der Waals surface area (Å²) < 4.78 is 34.9. The molecule has 36 heavy (non-hydrogen) atoms. The lowest BCUT2D eigenvalue weighted by Gasteiger charge is -2.30. The van der Waals surface area contributed by atoms with Gasteiger partial charge in [-0.3, -0.25) is 9.52 Å². The molecule has 1 amide bonds. The van der Waals surface area contributed by atoms with E-state index in [1.807, 2.05) is 35.2 Å². The summed E-state index contributed by atoms with van der Waals surface area (Å²) in [5, 5.41) is 10.7. The van der Waals surface area contributed by atoms with E-state index in [2.05, 4.69) is 15.4 Å². The Hall–Kier alpha value is -3.35. The van der Waals surface area contributed by atoms with Crippen LogP contribution < -0.4 is 4.72 Å². The number of carbonyl (C=O) groups is 1. The molecule has 0 unspecified atom stereocenters. The van der Waals surface area contributed by atoms with Crippen LogP contribution in [0.2, 0.25) is 0 Å². The van der Waals surface area contributed by atoms with E-state index in [4.69, 9.17) is 4.74 Å². The van der Waals surface area contributed by atoms with Crippen LogP contribution in [0.3, 0.4) is 0 Å². The van der Waals surface area contributed by atoms with Gasteiger partial charge >= 0.3 is 0 Å². The minimum atomic E-state index is -3.34. The van der Waals surface area contributed by atoms with E-state index in [0.717, 1.165) is 41.4 Å². The number of nitriles is 1. The Balaban J connectivity index is 1.42. The molecular formula is C27H28N4O4S. The van der Waals surface area contributed by atoms with Crippen molar-refractivity contribution in [2.75, 3.05) is 31.0 Å². The molecule has 6 rings (SSSR count). The molecule has 1 aromatic heterocycles. The topological polar surface area (TPSA) is 104 Å². The van der Waals surface area contributed by atoms with Crippen molar-refractivity contribution >= 4 is 32.5 Å². The monoisotopic (exact) mass is 504 g/mol. The first-order valence-electron chi connectivity index (χ1n) is 12.5. The second-order valence-corrected chi connectivity index (χ2v) is 11.8. The van der Waals surface area contributed by atoms with Crippen LogP contribution in [0.15, 0.2) is 42.5 Å². The molecule has 2 aliphatic carbocycles. The van der Waals surface area contributed by atoms with Gasteiger partial charge in [0.2, 0.25) is 10.0 Å². The second-order valence-electron chi connectivity index (χ2n) is 9.85. The Morgan fingerprint density at radius 2 is 1.75 bits per heavy atom. The number of nitrogens with zero attached hydrogens (tertiary/aromatic N) is 3. The number of benzene rings is 2. The van der Waals surface area contributed by atoms with Gasteiger partial charge in [-0.05, 0) is 61.9 Å². The molecular weight excluding hydrogens is 476 g/mol. The van der Waals surface area contributed by atoms with E-state index < -0.39 is 10.0 Å². The fourth-order valence-electron chi connectivity index (χ4n) is 5.14. The van der Waals surface area contributed by atoms with Crippen molar-refractivity contribution in [3.8, 4) is 17.3 Å². The molecule has 3 aromatic rings. The van der Waals surface area contributed by atoms with Crippen LogP contribution in [-0.4, -0.2) is 55.3 Å². The van der Waals surface area contributed by atoms with E-state index in [9.17, 15) is 18.5 Å². The first-order chi connectivity index (χ1) is 17.5. The zero-order valence-corrected chi connectivity index (χ0v) is 20.8. The number of sulfonamides is 1. The minimum absolute atomic E-state index is 0.0195. The van der Waals surface area contributed by atoms with Crippen LogP contribution in [-0.2, 0) is 14.8 Å². The van der Waals surface area contributed by atoms with Gasteiger partial charge in [0.1, 0.15) is 6.07 Å². The van der Waals surface area contributed by atoms with Crippen LogP contribution in [0.5, 0.6) is 0 Å². The van der Waals surface area contributed by atoms with Crippen LogP contribution >= 0.6 is 0 Å². The zero-order valence-electron chi connectivity index (χ0n) is 19.9. The van der Waals surface area contributed by atoms with E-state index in [-0.39, 0.29) is 17.2 Å². The lowest BCUT2D eigenvalue weighted by molar-refractivity contribution is 0.0303. The standard InChI is InChI=1S/C27H28N4O4S/c28-17-24-23-11-6-19(27(32)30-12-14-35-15-13-30)16-25(23)31(21-2-1-3-21)26(24)18-4-7-20(8-5-18)29-36(33,34)22-9-10-22/h4-8,11,16,21-22,29H,1-3,9-10,12-15H2. The maximum atomic E-state index is 13.2. The molecule has 1 saturated heterocycles. The maximum absolute atomic E-state index is 13.2. The predicted molar refractivity (Wildman–Crippen MR) is 137 cm³/mol. The Labute approximate surface area is 210 Å². The van der Waals surface area contributed by atoms with Crippen molar-refractivity contribution in [1.29, 1.82) is 5.26 Å². The number of nitrogens with one attached hydrogen (secondary N) is 1. The van der Waals surface area contributed by atoms with Crippen LogP contribution in [0.1, 0.15) is 54.1 Å². The quantitative estimate of drug-likeness (QED) is 0.540. The Morgan fingerprint density at radius 3 is 2.36 bits per heavy atom. The summed E-state index contributed by atoms with van der Waals surface area (Å²) in [6.07, 6.45) is 4.57. The molecule has 3 fully saturated rings. The van der Waals surface area contributed by atoms with Crippen molar-refractivity contribution in [1.82, 2.24) is 9.47 Å². The fourth-order valence-corrected chi connectivity index (χ4v) is 6.52. The number of carbonyl (C=O) groups excluding carboxylic acids is 1. The van der Waals surface area contributed by atoms with Gasteiger partial charge in [-0.25, -0.2) is 8.42 Å². The van der Waals surface area contributed by atoms with Crippen molar-refractivity contribution in [2.45, 2.75) is 43.4 Å². The number of morpholine rings is 1. The summed E-state index contributed by atoms with van der Waals surface area (Å²) in [4.78, 5) is 15.0. The zero-order chi connectivity index (χ0) is 24.9. The molecule has 0 radical (unpaired) electrons. The highest BCUT2D eigenvalue weighted by Gasteiger charge is 2.36. The third-order valence-electron chi connectivity index (χ3n) is 7.48. The largest absolute Gasteiger partial charge is 0.378 e. The number of ether oxygens (including phenoxy) is 1. The fraction of sp³-hybridized carbons (Fsp3) is 0.407. The van der Waals surface area contributed by atoms with Crippen molar-refractivity contribution in [3.05, 3.63) is 53.6 Å². The van der Waals surface area contributed by atoms with Crippen molar-refractivity contribution in [2.24, 2.45) is 0 Å². The molecule has 8 nitrogen and oxygen atoms in total. The van der Waals surface area contributed by atoms with E-state index in [1.165, 1.54) is 0 Å². The Kier molecular flexibility index (Phi) is 5.73. The smallest absolute Gasteiger partial charge is 0.254 e. The Morgan fingerprint density at radius 1 is 1.03 bits per heavy atom. The average Bonchev–Trinajstić information content (AvgIpc) is 3.68. The van der Waals surface area contributed by atoms with Gasteiger partial charge < -0.3 is 14.2 Å². The van der Waals surface area contributed by atoms with Gasteiger partial charge in [0, 0.05) is 35.8 Å². The maximum Gasteiger partial charge on any atom is 0.254 e. The van der Waals surface area contributed by atoms with E-state index >= 15 is 0 Å². The van der Waals surface area contributed by atoms with Gasteiger partial charge in [-0.1, -0.05) is 18.2 Å². The number of hydrogen-bond acceptors (Lipinski definition) is 5. The molecule has 1 N–H and O–H groups in total. The molecule has 1 aliphatic heterocycles. The number of aromatic nitrogens is 1. The van der Waals surface area contributed by atoms with Gasteiger partial charge in [0.25, 0.3) is 5.91 Å². The highest BCUT2D eigenvalue weighted by molar-refractivity contribution is 7.93. The number of hydrogen-bond donors (Lipinski definition) is 1. The summed E-state index contributed by atoms with van der Waals surface area (Å²) in [6.45, 7) is 2.24. The highest BCUT2D eigenvalue weighted by atomic mass is 32.2. The van der Waals surface area contributed by atoms with E-state index in [1.54, 1.807) is 12.1 Å². The number of rotatable bonds is 6. The average molecular weight is 505 g/mol. The normalized spacial score (nSPS) is 18.6. The lowest BCUT2D eigenvalue weighted by atomic mass is 9.92. The summed E-state index contributed by atoms with van der Waals surface area (Å²) in [5.41, 5.74) is 4.28. The SMILES string of the molecule is N#Cc1c(-c2ccc(NS(=O)(=O)C3CC3)cc2)n(C2CCC2)c2cc(C(=O)N3CCOCC3)ccc12. The number of amides is 1. The van der Waals surface area contributed by atoms with Crippen molar-refractivity contribution < 1.29 is 17.9 Å². The van der Waals surface area contributed by atoms with Gasteiger partial charge in [0.05, 0.1) is 35.2 Å². The third-order valence-corrected chi connectivity index (χ3v) is 9.35. The number of fused-ring (bicyclic) bond motifs is 1. The molecule has 0 spiro atoms. The molecule has 0 bridgehead atoms. The van der Waals surface area contributed by atoms with Crippen LogP contribution in [0.25, 0.3) is 22.2 Å². The van der Waals surface area contributed by atoms with Crippen LogP contribution in [0.4, 0.5) is 5.69 Å². The van der Waals surface area contributed by atoms with E-state index in [0.29, 0.717) is 56.0 Å². The molecule has 3 aliphatic rings. The molecule has 186 valence electrons. The third kappa shape index (κ3) is 4.04. The van der Waals surface area contributed by atoms with Gasteiger partial charge in [0.15, 0.2) is 0 Å². The summed E-state index contributed by atoms with van der Waals surface area (Å²) in [6, 6.07) is 15.5. The molecule has 2 heterocycles. The second kappa shape index (κ2) is 8.95. The summed E-state index contributed by atoms with van der Waals surface area (Å²) >= 11 is 0. The first kappa shape index (κ1) is 23.1. The molecule has 2 saturated carbocycles. The molecule has 0 atom stereocenters. The van der Waals surface area contributed by atoms with Gasteiger partial charge in [-0.15, -0.1) is 0 Å². The first-order valence-corrected chi connectivity index (χ1v) is 14.1. The summed E-state index contributed by atoms with van der Waals surface area (Å²) in [7, 11) is -3.34. The molecule has 9 heteroatoms. The predicted octanol–water partition coefficient (Wildman–Crippen LogP) is 4.28. The molecule has 2 aromatic carbocycles. The van der Waals surface area contributed by atoms with Crippen LogP contribution in [0, 0.1) is 11.3 Å². The minimum Gasteiger partial charge on any atom is -0.378 e. The summed E-state index contributed by atoms with van der Waals surface area (Å²) in [5.74, 6) is -0.0195. The van der Waals surface area contributed by atoms with Gasteiger partial charge in [-0.2, -0.15) is 5.26 Å². The Bertz CT molecular complexity index is 1470. The highest BCUT2D eigenvalue weighted by Crippen LogP contribution is 2.43.